The number of hydrogen-bond acceptors (Lipinski definition) is 0. The van der Waals surface area contributed by atoms with Gasteiger partial charge in [0, 0.05) is 89.9 Å². The van der Waals surface area contributed by atoms with Gasteiger partial charge < -0.3 is 0 Å². The molecule has 7 radical (unpaired) electrons. The molecule has 0 heterocycles. The molecule has 0 aliphatic heterocycles. The van der Waals surface area contributed by atoms with E-state index < -0.39 is 0 Å². The van der Waals surface area contributed by atoms with E-state index in [4.69, 9.17) is 0 Å². The molecule has 19 valence electrons. The summed E-state index contributed by atoms with van der Waals surface area (Å²) >= 11 is 0. The van der Waals surface area contributed by atoms with Crippen molar-refractivity contribution in [3.63, 3.8) is 0 Å². The number of hydrogen-bond donors (Lipinski definition) is 0. The quantitative estimate of drug-likeness (QED) is 0.451. The topological polar surface area (TPSA) is 0 Å². The van der Waals surface area contributed by atoms with E-state index in [9.17, 15) is 0 Å². The molecule has 0 N–H and O–H groups in total. The van der Waals surface area contributed by atoms with E-state index in [1.54, 1.807) is 0 Å². The predicted molar refractivity (Wildman–Crippen MR) is 9.00 cm³/mol. The fourth-order valence-corrected chi connectivity index (χ4v) is 0. The van der Waals surface area contributed by atoms with E-state index in [2.05, 4.69) is 0 Å². The van der Waals surface area contributed by atoms with Crippen LogP contribution in [0.4, 0.5) is 0 Å². The maximum absolute atomic E-state index is 0. The van der Waals surface area contributed by atoms with Crippen LogP contribution in [0.2, 0.25) is 0 Å². The summed E-state index contributed by atoms with van der Waals surface area (Å²) in [5, 5.41) is 0. The molecule has 0 spiro atoms. The zero-order chi connectivity index (χ0) is 0. The molecule has 0 bridgehead atoms. The standard InChI is InChI=1S/C.Al.3Ti. The Bertz CT molecular complexity index is 6.85. The minimum atomic E-state index is 0. The Balaban J connectivity index is 0. The van der Waals surface area contributed by atoms with Crippen molar-refractivity contribution in [3.05, 3.63) is 7.43 Å². The van der Waals surface area contributed by atoms with E-state index in [0.717, 1.165) is 0 Å². The molecule has 5 heavy (non-hydrogen) atoms. The van der Waals surface area contributed by atoms with Gasteiger partial charge in [0.25, 0.3) is 0 Å². The molecule has 0 aromatic heterocycles. The fraction of sp³-hybridized carbons (Fsp3) is 0. The monoisotopic (exact) mass is 183 g/mol. The molecular formula is CAlTi3. The largest absolute Gasteiger partial charge is 0 e. The Morgan fingerprint density at radius 3 is 0.600 bits per heavy atom. The Labute approximate surface area is 88.6 Å². The van der Waals surface area contributed by atoms with E-state index in [1.807, 2.05) is 0 Å². The van der Waals surface area contributed by atoms with E-state index >= 15 is 0 Å². The Kier molecular flexibility index (Phi) is 287. The van der Waals surface area contributed by atoms with Crippen LogP contribution in [0, 0.1) is 7.43 Å². The molecule has 0 unspecified atom stereocenters. The minimum absolute atomic E-state index is 0. The van der Waals surface area contributed by atoms with E-state index in [0.29, 0.717) is 0 Å². The summed E-state index contributed by atoms with van der Waals surface area (Å²) in [7, 11) is 0. The van der Waals surface area contributed by atoms with Crippen molar-refractivity contribution in [2.75, 3.05) is 0 Å². The normalized spacial score (nSPS) is 0. The summed E-state index contributed by atoms with van der Waals surface area (Å²) in [6.45, 7) is 0. The van der Waals surface area contributed by atoms with Crippen LogP contribution in [0.15, 0.2) is 0 Å². The smallest absolute Gasteiger partial charge is 0 e. The maximum atomic E-state index is 0. The number of rotatable bonds is 0. The van der Waals surface area contributed by atoms with Crippen LogP contribution in [-0.4, -0.2) is 17.4 Å². The van der Waals surface area contributed by atoms with Crippen molar-refractivity contribution in [1.82, 2.24) is 0 Å². The van der Waals surface area contributed by atoms with Crippen LogP contribution in [0.25, 0.3) is 0 Å². The van der Waals surface area contributed by atoms with E-state index in [-0.39, 0.29) is 89.9 Å². The molecule has 0 saturated carbocycles. The van der Waals surface area contributed by atoms with Crippen LogP contribution in [0.5, 0.6) is 0 Å². The molecule has 0 atom stereocenters. The second kappa shape index (κ2) is 30.0. The summed E-state index contributed by atoms with van der Waals surface area (Å²) in [5.74, 6) is 0. The fourth-order valence-electron chi connectivity index (χ4n) is 0. The molecular weight excluding hydrogens is 183 g/mol. The van der Waals surface area contributed by atoms with Gasteiger partial charge in [-0.25, -0.2) is 0 Å². The third kappa shape index (κ3) is 20.4. The first-order valence-corrected chi connectivity index (χ1v) is 0. The zero-order valence-electron chi connectivity index (χ0n) is 2.58. The Morgan fingerprint density at radius 2 is 0.600 bits per heavy atom. The van der Waals surface area contributed by atoms with Crippen LogP contribution in [0.1, 0.15) is 0 Å². The maximum Gasteiger partial charge on any atom is 0 e. The van der Waals surface area contributed by atoms with E-state index in [1.165, 1.54) is 0 Å². The Morgan fingerprint density at radius 1 is 0.600 bits per heavy atom. The first-order valence-electron chi connectivity index (χ1n) is 0. The third-order valence-electron chi connectivity index (χ3n) is 0. The molecule has 0 aliphatic rings. The Hall–Kier alpha value is 2.68. The molecule has 0 aliphatic carbocycles. The summed E-state index contributed by atoms with van der Waals surface area (Å²) < 4.78 is 0. The van der Waals surface area contributed by atoms with Crippen LogP contribution in [-0.2, 0) is 65.2 Å². The van der Waals surface area contributed by atoms with Crippen molar-refractivity contribution in [3.8, 4) is 0 Å². The third-order valence-corrected chi connectivity index (χ3v) is 0. The molecule has 0 fully saturated rings. The van der Waals surface area contributed by atoms with Gasteiger partial charge in [0.2, 0.25) is 0 Å². The molecule has 0 rings (SSSR count). The van der Waals surface area contributed by atoms with Gasteiger partial charge in [0.1, 0.15) is 0 Å². The van der Waals surface area contributed by atoms with Crippen molar-refractivity contribution >= 4 is 17.4 Å². The van der Waals surface area contributed by atoms with Gasteiger partial charge >= 0.3 is 0 Å². The summed E-state index contributed by atoms with van der Waals surface area (Å²) in [6, 6.07) is 0. The SMILES string of the molecule is [Al].[C].[Ti].[Ti].[Ti]. The molecule has 4 heteroatoms. The first-order chi connectivity index (χ1) is 0. The van der Waals surface area contributed by atoms with Gasteiger partial charge in [-0.05, 0) is 0 Å². The van der Waals surface area contributed by atoms with Crippen molar-refractivity contribution in [2.45, 2.75) is 0 Å². The molecule has 0 amide bonds. The van der Waals surface area contributed by atoms with Gasteiger partial charge in [-0.1, -0.05) is 0 Å². The van der Waals surface area contributed by atoms with Gasteiger partial charge in [0.15, 0.2) is 0 Å². The minimum Gasteiger partial charge on any atom is 0 e. The average molecular weight is 183 g/mol. The van der Waals surface area contributed by atoms with Gasteiger partial charge in [-0.15, -0.1) is 0 Å². The average Bonchev–Trinajstić information content (AvgIpc) is 0. The second-order valence-corrected chi connectivity index (χ2v) is 0. The predicted octanol–water partition coefficient (Wildman–Crippen LogP) is -0.307. The molecule has 0 saturated heterocycles. The molecule has 0 nitrogen and oxygen atoms in total. The van der Waals surface area contributed by atoms with Crippen molar-refractivity contribution in [1.29, 1.82) is 0 Å². The first kappa shape index (κ1) is 47.8. The van der Waals surface area contributed by atoms with Crippen LogP contribution < -0.4 is 0 Å². The summed E-state index contributed by atoms with van der Waals surface area (Å²) in [6.07, 6.45) is 0. The second-order valence-electron chi connectivity index (χ2n) is 0. The van der Waals surface area contributed by atoms with Gasteiger partial charge in [-0.2, -0.15) is 0 Å². The van der Waals surface area contributed by atoms with Crippen LogP contribution >= 0.6 is 0 Å². The van der Waals surface area contributed by atoms with Crippen LogP contribution in [0.3, 0.4) is 0 Å². The summed E-state index contributed by atoms with van der Waals surface area (Å²) in [4.78, 5) is 0. The van der Waals surface area contributed by atoms with Gasteiger partial charge in [-0.3, -0.25) is 0 Å². The van der Waals surface area contributed by atoms with Crippen molar-refractivity contribution in [2.24, 2.45) is 0 Å². The molecule has 0 aromatic rings. The molecule has 0 aromatic carbocycles. The zero-order valence-corrected chi connectivity index (χ0v) is 8.42. The summed E-state index contributed by atoms with van der Waals surface area (Å²) in [5.41, 5.74) is 0. The van der Waals surface area contributed by atoms with Crippen molar-refractivity contribution < 1.29 is 65.2 Å². The van der Waals surface area contributed by atoms with Gasteiger partial charge in [0.05, 0.1) is 0 Å².